The molecular weight excluding hydrogens is 238 g/mol. The highest BCUT2D eigenvalue weighted by molar-refractivity contribution is 5.95. The minimum Gasteiger partial charge on any atom is -0.373 e. The van der Waals surface area contributed by atoms with Crippen LogP contribution in [0.5, 0.6) is 0 Å². The van der Waals surface area contributed by atoms with Gasteiger partial charge in [-0.3, -0.25) is 4.79 Å². The normalized spacial score (nSPS) is 12.3. The fourth-order valence-corrected chi connectivity index (χ4v) is 1.89. The largest absolute Gasteiger partial charge is 0.373 e. The van der Waals surface area contributed by atoms with Gasteiger partial charge < -0.3 is 10.6 Å². The Morgan fingerprint density at radius 2 is 1.95 bits per heavy atom. The van der Waals surface area contributed by atoms with E-state index in [4.69, 9.17) is 0 Å². The number of nitrogens with one attached hydrogen (secondary N) is 2. The van der Waals surface area contributed by atoms with Crippen LogP contribution >= 0.6 is 0 Å². The number of carbonyl (C=O) groups is 1. The van der Waals surface area contributed by atoms with Crippen molar-refractivity contribution in [1.29, 1.82) is 0 Å². The number of aryl methyl sites for hydroxylation is 1. The summed E-state index contributed by atoms with van der Waals surface area (Å²) in [5.74, 6) is 1.36. The Kier molecular flexibility index (Phi) is 5.80. The van der Waals surface area contributed by atoms with Gasteiger partial charge >= 0.3 is 0 Å². The van der Waals surface area contributed by atoms with Crippen molar-refractivity contribution in [2.75, 3.05) is 12.4 Å². The molecule has 0 bridgehead atoms. The van der Waals surface area contributed by atoms with Gasteiger partial charge in [0.1, 0.15) is 5.82 Å². The van der Waals surface area contributed by atoms with Crippen LogP contribution in [0.15, 0.2) is 12.1 Å². The molecule has 1 atom stereocenters. The maximum absolute atomic E-state index is 12.2. The second kappa shape index (κ2) is 7.12. The predicted molar refractivity (Wildman–Crippen MR) is 79.5 cm³/mol. The van der Waals surface area contributed by atoms with Gasteiger partial charge in [0, 0.05) is 24.3 Å². The van der Waals surface area contributed by atoms with Crippen LogP contribution in [0.3, 0.4) is 0 Å². The average Bonchev–Trinajstić information content (AvgIpc) is 2.35. The van der Waals surface area contributed by atoms with Crippen LogP contribution in [0.25, 0.3) is 0 Å². The Labute approximate surface area is 116 Å². The Morgan fingerprint density at radius 1 is 1.26 bits per heavy atom. The molecule has 0 spiro atoms. The fraction of sp³-hybridized carbons (Fsp3) is 0.600. The van der Waals surface area contributed by atoms with Crippen molar-refractivity contribution in [2.45, 2.75) is 46.6 Å². The molecule has 106 valence electrons. The van der Waals surface area contributed by atoms with Crippen molar-refractivity contribution >= 4 is 11.7 Å². The Balaban J connectivity index is 2.64. The van der Waals surface area contributed by atoms with Gasteiger partial charge in [0.2, 0.25) is 0 Å². The molecule has 0 saturated heterocycles. The molecule has 0 radical (unpaired) electrons. The van der Waals surface area contributed by atoms with Crippen molar-refractivity contribution in [3.8, 4) is 0 Å². The van der Waals surface area contributed by atoms with Crippen molar-refractivity contribution < 1.29 is 4.79 Å². The monoisotopic (exact) mass is 263 g/mol. The number of hydrogen-bond donors (Lipinski definition) is 2. The molecule has 0 aliphatic heterocycles. The second-order valence-corrected chi connectivity index (χ2v) is 5.48. The van der Waals surface area contributed by atoms with Crippen LogP contribution in [-0.4, -0.2) is 24.0 Å². The van der Waals surface area contributed by atoms with Crippen molar-refractivity contribution in [3.05, 3.63) is 23.4 Å². The zero-order valence-corrected chi connectivity index (χ0v) is 12.6. The molecule has 4 heteroatoms. The van der Waals surface area contributed by atoms with E-state index in [0.29, 0.717) is 11.5 Å². The molecule has 1 aromatic rings. The van der Waals surface area contributed by atoms with E-state index in [1.54, 1.807) is 13.1 Å². The lowest BCUT2D eigenvalue weighted by Crippen LogP contribution is -2.32. The van der Waals surface area contributed by atoms with E-state index in [2.05, 4.69) is 29.5 Å². The van der Waals surface area contributed by atoms with Gasteiger partial charge in [-0.25, -0.2) is 4.98 Å². The lowest BCUT2D eigenvalue weighted by molar-refractivity contribution is 0.0937. The lowest BCUT2D eigenvalue weighted by atomic mass is 10.0. The van der Waals surface area contributed by atoms with Crippen LogP contribution in [0.4, 0.5) is 5.82 Å². The van der Waals surface area contributed by atoms with E-state index in [1.165, 1.54) is 0 Å². The van der Waals surface area contributed by atoms with Gasteiger partial charge in [-0.2, -0.15) is 0 Å². The summed E-state index contributed by atoms with van der Waals surface area (Å²) in [4.78, 5) is 16.4. The van der Waals surface area contributed by atoms with E-state index in [-0.39, 0.29) is 11.9 Å². The molecule has 1 heterocycles. The number of nitrogens with zero attached hydrogens (tertiary/aromatic N) is 1. The summed E-state index contributed by atoms with van der Waals surface area (Å²) in [6.45, 7) is 8.33. The average molecular weight is 263 g/mol. The van der Waals surface area contributed by atoms with E-state index in [1.807, 2.05) is 19.9 Å². The van der Waals surface area contributed by atoms with Crippen molar-refractivity contribution in [3.63, 3.8) is 0 Å². The molecule has 1 unspecified atom stereocenters. The number of rotatable bonds is 6. The SMILES string of the molecule is CNc1cc(C(=O)NC(C)CCC(C)C)cc(C)n1. The molecule has 1 amide bonds. The molecule has 0 aliphatic carbocycles. The second-order valence-electron chi connectivity index (χ2n) is 5.48. The van der Waals surface area contributed by atoms with Gasteiger partial charge in [-0.1, -0.05) is 13.8 Å². The summed E-state index contributed by atoms with van der Waals surface area (Å²) in [7, 11) is 1.80. The summed E-state index contributed by atoms with van der Waals surface area (Å²) in [5, 5.41) is 6.00. The molecule has 4 nitrogen and oxygen atoms in total. The van der Waals surface area contributed by atoms with Gasteiger partial charge in [0.15, 0.2) is 0 Å². The molecular formula is C15H25N3O. The molecule has 0 fully saturated rings. The highest BCUT2D eigenvalue weighted by Gasteiger charge is 2.11. The van der Waals surface area contributed by atoms with E-state index in [9.17, 15) is 4.79 Å². The number of aromatic nitrogens is 1. The zero-order chi connectivity index (χ0) is 14.4. The molecule has 19 heavy (non-hydrogen) atoms. The quantitative estimate of drug-likeness (QED) is 0.829. The van der Waals surface area contributed by atoms with Crippen LogP contribution in [0.1, 0.15) is 49.7 Å². The summed E-state index contributed by atoms with van der Waals surface area (Å²) in [6, 6.07) is 3.78. The van der Waals surface area contributed by atoms with E-state index in [0.717, 1.165) is 24.4 Å². The van der Waals surface area contributed by atoms with Gasteiger partial charge in [-0.05, 0) is 44.7 Å². The van der Waals surface area contributed by atoms with Gasteiger partial charge in [0.25, 0.3) is 5.91 Å². The highest BCUT2D eigenvalue weighted by atomic mass is 16.1. The molecule has 0 aromatic carbocycles. The maximum atomic E-state index is 12.2. The lowest BCUT2D eigenvalue weighted by Gasteiger charge is -2.15. The minimum absolute atomic E-state index is 0.0294. The van der Waals surface area contributed by atoms with Crippen LogP contribution in [0.2, 0.25) is 0 Å². The summed E-state index contributed by atoms with van der Waals surface area (Å²) < 4.78 is 0. The van der Waals surface area contributed by atoms with Crippen LogP contribution in [0, 0.1) is 12.8 Å². The summed E-state index contributed by atoms with van der Waals surface area (Å²) in [5.41, 5.74) is 1.50. The number of amides is 1. The first kappa shape index (κ1) is 15.5. The summed E-state index contributed by atoms with van der Waals surface area (Å²) in [6.07, 6.45) is 2.13. The number of hydrogen-bond acceptors (Lipinski definition) is 3. The van der Waals surface area contributed by atoms with Crippen LogP contribution < -0.4 is 10.6 Å². The third kappa shape index (κ3) is 5.28. The van der Waals surface area contributed by atoms with E-state index < -0.39 is 0 Å². The molecule has 2 N–H and O–H groups in total. The summed E-state index contributed by atoms with van der Waals surface area (Å²) >= 11 is 0. The number of carbonyl (C=O) groups excluding carboxylic acids is 1. The number of pyridine rings is 1. The van der Waals surface area contributed by atoms with Gasteiger partial charge in [0.05, 0.1) is 0 Å². The molecule has 1 aromatic heterocycles. The van der Waals surface area contributed by atoms with E-state index >= 15 is 0 Å². The van der Waals surface area contributed by atoms with Crippen molar-refractivity contribution in [2.24, 2.45) is 5.92 Å². The molecule has 0 aliphatic rings. The van der Waals surface area contributed by atoms with Crippen molar-refractivity contribution in [1.82, 2.24) is 10.3 Å². The smallest absolute Gasteiger partial charge is 0.251 e. The maximum Gasteiger partial charge on any atom is 0.251 e. The third-order valence-corrected chi connectivity index (χ3v) is 3.03. The minimum atomic E-state index is -0.0294. The first-order chi connectivity index (χ1) is 8.92. The Bertz CT molecular complexity index is 429. The first-order valence-electron chi connectivity index (χ1n) is 6.89. The standard InChI is InChI=1S/C15H25N3O/c1-10(2)6-7-11(3)18-15(19)13-8-12(4)17-14(9-13)16-5/h8-11H,6-7H2,1-5H3,(H,16,17)(H,18,19). The zero-order valence-electron chi connectivity index (χ0n) is 12.6. The topological polar surface area (TPSA) is 54.0 Å². The Hall–Kier alpha value is -1.58. The fourth-order valence-electron chi connectivity index (χ4n) is 1.89. The Morgan fingerprint density at radius 3 is 2.53 bits per heavy atom. The highest BCUT2D eigenvalue weighted by Crippen LogP contribution is 2.11. The predicted octanol–water partition coefficient (Wildman–Crippen LogP) is 2.99. The van der Waals surface area contributed by atoms with Gasteiger partial charge in [-0.15, -0.1) is 0 Å². The first-order valence-corrected chi connectivity index (χ1v) is 6.89. The molecule has 0 saturated carbocycles. The third-order valence-electron chi connectivity index (χ3n) is 3.03. The number of anilines is 1. The molecule has 1 rings (SSSR count). The van der Waals surface area contributed by atoms with Crippen LogP contribution in [-0.2, 0) is 0 Å².